The van der Waals surface area contributed by atoms with Gasteiger partial charge in [0.15, 0.2) is 15.8 Å². The van der Waals surface area contributed by atoms with E-state index in [4.69, 9.17) is 0 Å². The fourth-order valence-electron chi connectivity index (χ4n) is 2.81. The van der Waals surface area contributed by atoms with Crippen molar-refractivity contribution in [2.75, 3.05) is 18.1 Å². The molecule has 2 unspecified atom stereocenters. The van der Waals surface area contributed by atoms with Gasteiger partial charge in [0, 0.05) is 24.2 Å². The third-order valence-corrected chi connectivity index (χ3v) is 6.28. The van der Waals surface area contributed by atoms with E-state index in [1.807, 2.05) is 39.0 Å². The van der Waals surface area contributed by atoms with Gasteiger partial charge in [-0.25, -0.2) is 13.4 Å². The number of guanidine groups is 1. The van der Waals surface area contributed by atoms with Crippen molar-refractivity contribution in [1.82, 2.24) is 16.0 Å². The predicted octanol–water partition coefficient (Wildman–Crippen LogP) is 1.46. The summed E-state index contributed by atoms with van der Waals surface area (Å²) in [5, 5.41) is 9.30. The van der Waals surface area contributed by atoms with Gasteiger partial charge in [0.25, 0.3) is 5.91 Å². The van der Waals surface area contributed by atoms with Crippen LogP contribution in [0.15, 0.2) is 29.3 Å². The zero-order valence-electron chi connectivity index (χ0n) is 16.3. The summed E-state index contributed by atoms with van der Waals surface area (Å²) in [4.78, 5) is 16.8. The molecule has 0 saturated carbocycles. The van der Waals surface area contributed by atoms with Gasteiger partial charge < -0.3 is 16.0 Å². The summed E-state index contributed by atoms with van der Waals surface area (Å²) in [6.07, 6.45) is 1.47. The normalized spacial score (nSPS) is 20.1. The fourth-order valence-corrected chi connectivity index (χ4v) is 4.49. The molecule has 0 aliphatic carbocycles. The topological polar surface area (TPSA) is 99.7 Å². The van der Waals surface area contributed by atoms with Crippen molar-refractivity contribution in [3.05, 3.63) is 35.4 Å². The Labute approximate surface area is 162 Å². The molecule has 0 aromatic heterocycles. The van der Waals surface area contributed by atoms with Crippen molar-refractivity contribution in [3.8, 4) is 0 Å². The molecule has 0 radical (unpaired) electrons. The monoisotopic (exact) mass is 394 g/mol. The lowest BCUT2D eigenvalue weighted by atomic mass is 10.1. The minimum atomic E-state index is -2.94. The smallest absolute Gasteiger partial charge is 0.251 e. The number of sulfone groups is 1. The van der Waals surface area contributed by atoms with Gasteiger partial charge in [0.1, 0.15) is 0 Å². The number of rotatable bonds is 7. The van der Waals surface area contributed by atoms with Gasteiger partial charge in [-0.15, -0.1) is 0 Å². The Hall–Kier alpha value is -2.09. The highest BCUT2D eigenvalue weighted by Gasteiger charge is 2.28. The number of nitrogens with one attached hydrogen (secondary N) is 3. The predicted molar refractivity (Wildman–Crippen MR) is 109 cm³/mol. The first kappa shape index (κ1) is 21.2. The van der Waals surface area contributed by atoms with Crippen LogP contribution >= 0.6 is 0 Å². The number of carbonyl (C=O) groups excluding carboxylic acids is 1. The summed E-state index contributed by atoms with van der Waals surface area (Å²) < 4.78 is 23.2. The number of amides is 1. The molecule has 0 bridgehead atoms. The molecule has 1 aromatic rings. The second kappa shape index (κ2) is 9.73. The summed E-state index contributed by atoms with van der Waals surface area (Å²) in [7, 11) is -2.94. The Bertz CT molecular complexity index is 777. The molecule has 1 aliphatic heterocycles. The quantitative estimate of drug-likeness (QED) is 0.480. The Kier molecular flexibility index (Phi) is 7.65. The Morgan fingerprint density at radius 2 is 2.11 bits per heavy atom. The van der Waals surface area contributed by atoms with Crippen LogP contribution in [-0.2, 0) is 16.4 Å². The summed E-state index contributed by atoms with van der Waals surface area (Å²) in [6.45, 7) is 7.05. The van der Waals surface area contributed by atoms with Crippen LogP contribution in [-0.4, -0.2) is 50.4 Å². The van der Waals surface area contributed by atoms with Crippen molar-refractivity contribution in [1.29, 1.82) is 0 Å². The first-order valence-corrected chi connectivity index (χ1v) is 11.3. The lowest BCUT2D eigenvalue weighted by Crippen LogP contribution is -2.44. The van der Waals surface area contributed by atoms with Gasteiger partial charge in [-0.2, -0.15) is 0 Å². The lowest BCUT2D eigenvalue weighted by molar-refractivity contribution is 0.0939. The van der Waals surface area contributed by atoms with Crippen molar-refractivity contribution < 1.29 is 13.2 Å². The van der Waals surface area contributed by atoms with Crippen LogP contribution in [0, 0.1) is 0 Å². The van der Waals surface area contributed by atoms with E-state index in [2.05, 4.69) is 20.9 Å². The van der Waals surface area contributed by atoms with Gasteiger partial charge in [-0.05, 0) is 44.4 Å². The van der Waals surface area contributed by atoms with E-state index < -0.39 is 9.84 Å². The van der Waals surface area contributed by atoms with Crippen LogP contribution in [0.5, 0.6) is 0 Å². The molecule has 0 spiro atoms. The molecule has 150 valence electrons. The number of aliphatic imine (C=N–C) groups is 1. The highest BCUT2D eigenvalue weighted by molar-refractivity contribution is 7.91. The van der Waals surface area contributed by atoms with E-state index >= 15 is 0 Å². The lowest BCUT2D eigenvalue weighted by Gasteiger charge is -2.16. The van der Waals surface area contributed by atoms with Crippen LogP contribution < -0.4 is 16.0 Å². The number of nitrogens with zero attached hydrogens (tertiary/aromatic N) is 1. The average molecular weight is 395 g/mol. The number of benzene rings is 1. The third-order valence-electron chi connectivity index (χ3n) is 4.52. The third kappa shape index (κ3) is 6.86. The molecule has 2 rings (SSSR count). The largest absolute Gasteiger partial charge is 0.357 e. The zero-order valence-corrected chi connectivity index (χ0v) is 17.1. The molecule has 27 heavy (non-hydrogen) atoms. The molecular weight excluding hydrogens is 364 g/mol. The fraction of sp³-hybridized carbons (Fsp3) is 0.579. The summed E-state index contributed by atoms with van der Waals surface area (Å²) in [5.74, 6) is 0.866. The highest BCUT2D eigenvalue weighted by atomic mass is 32.2. The van der Waals surface area contributed by atoms with E-state index in [0.717, 1.165) is 12.0 Å². The van der Waals surface area contributed by atoms with Gasteiger partial charge in [0.05, 0.1) is 18.1 Å². The molecule has 1 heterocycles. The minimum absolute atomic E-state index is 0.0867. The maximum atomic E-state index is 12.3. The SMILES string of the molecule is CCNC(=NCc1cccc(C(=O)NC(C)CC)c1)NC1CCS(=O)(=O)C1. The molecule has 1 aromatic carbocycles. The Morgan fingerprint density at radius 1 is 1.33 bits per heavy atom. The van der Waals surface area contributed by atoms with Gasteiger partial charge in [-0.3, -0.25) is 4.79 Å². The second-order valence-corrected chi connectivity index (χ2v) is 9.15. The van der Waals surface area contributed by atoms with E-state index in [1.54, 1.807) is 6.07 Å². The number of hydrogen-bond donors (Lipinski definition) is 3. The van der Waals surface area contributed by atoms with Crippen LogP contribution in [0.2, 0.25) is 0 Å². The molecular formula is C19H30N4O3S. The summed E-state index contributed by atoms with van der Waals surface area (Å²) in [6, 6.07) is 7.42. The van der Waals surface area contributed by atoms with E-state index in [1.165, 1.54) is 0 Å². The molecule has 1 aliphatic rings. The van der Waals surface area contributed by atoms with Crippen LogP contribution in [0.1, 0.15) is 49.5 Å². The molecule has 8 heteroatoms. The standard InChI is InChI=1S/C19H30N4O3S/c1-4-14(3)22-18(24)16-8-6-7-15(11-16)12-21-19(20-5-2)23-17-9-10-27(25,26)13-17/h6-8,11,14,17H,4-5,9-10,12-13H2,1-3H3,(H,22,24)(H2,20,21,23). The number of hydrogen-bond acceptors (Lipinski definition) is 4. The van der Waals surface area contributed by atoms with Crippen molar-refractivity contribution in [3.63, 3.8) is 0 Å². The summed E-state index contributed by atoms with van der Waals surface area (Å²) >= 11 is 0. The van der Waals surface area contributed by atoms with Crippen LogP contribution in [0.4, 0.5) is 0 Å². The Morgan fingerprint density at radius 3 is 2.74 bits per heavy atom. The first-order chi connectivity index (χ1) is 12.8. The van der Waals surface area contributed by atoms with Crippen molar-refractivity contribution in [2.45, 2.75) is 52.2 Å². The van der Waals surface area contributed by atoms with Crippen molar-refractivity contribution in [2.24, 2.45) is 4.99 Å². The summed E-state index contributed by atoms with van der Waals surface area (Å²) in [5.41, 5.74) is 1.53. The maximum Gasteiger partial charge on any atom is 0.251 e. The van der Waals surface area contributed by atoms with Gasteiger partial charge in [0.2, 0.25) is 0 Å². The number of carbonyl (C=O) groups is 1. The Balaban J connectivity index is 2.02. The van der Waals surface area contributed by atoms with Gasteiger partial charge in [-0.1, -0.05) is 19.1 Å². The van der Waals surface area contributed by atoms with E-state index in [9.17, 15) is 13.2 Å². The molecule has 7 nitrogen and oxygen atoms in total. The molecule has 1 fully saturated rings. The second-order valence-electron chi connectivity index (χ2n) is 6.92. The maximum absolute atomic E-state index is 12.3. The van der Waals surface area contributed by atoms with E-state index in [0.29, 0.717) is 31.0 Å². The van der Waals surface area contributed by atoms with Crippen molar-refractivity contribution >= 4 is 21.7 Å². The minimum Gasteiger partial charge on any atom is -0.357 e. The highest BCUT2D eigenvalue weighted by Crippen LogP contribution is 2.11. The van der Waals surface area contributed by atoms with Crippen LogP contribution in [0.3, 0.4) is 0 Å². The molecule has 2 atom stereocenters. The molecule has 1 amide bonds. The molecule has 3 N–H and O–H groups in total. The van der Waals surface area contributed by atoms with Gasteiger partial charge >= 0.3 is 0 Å². The average Bonchev–Trinajstić information content (AvgIpc) is 2.98. The zero-order chi connectivity index (χ0) is 19.9. The molecule has 1 saturated heterocycles. The van der Waals surface area contributed by atoms with Crippen LogP contribution in [0.25, 0.3) is 0 Å². The first-order valence-electron chi connectivity index (χ1n) is 9.48. The van der Waals surface area contributed by atoms with E-state index in [-0.39, 0.29) is 29.5 Å².